The molecule has 1 aliphatic rings. The highest BCUT2D eigenvalue weighted by Crippen LogP contribution is 2.28. The van der Waals surface area contributed by atoms with Crippen molar-refractivity contribution < 1.29 is 23.4 Å². The van der Waals surface area contributed by atoms with Crippen molar-refractivity contribution in [2.75, 3.05) is 26.9 Å². The molecule has 1 aliphatic heterocycles. The predicted molar refractivity (Wildman–Crippen MR) is 117 cm³/mol. The number of carbonyl (C=O) groups is 1. The van der Waals surface area contributed by atoms with E-state index in [1.54, 1.807) is 19.2 Å². The third kappa shape index (κ3) is 4.72. The molecule has 4 rings (SSSR count). The fourth-order valence-corrected chi connectivity index (χ4v) is 3.57. The minimum absolute atomic E-state index is 0.0421. The zero-order valence-electron chi connectivity index (χ0n) is 17.7. The number of amides is 1. The Morgan fingerprint density at radius 1 is 1.19 bits per heavy atom. The highest BCUT2D eigenvalue weighted by molar-refractivity contribution is 5.97. The van der Waals surface area contributed by atoms with Crippen LogP contribution in [0.2, 0.25) is 0 Å². The number of carbonyl (C=O) groups excluding carboxylic acids is 1. The quantitative estimate of drug-likeness (QED) is 0.623. The van der Waals surface area contributed by atoms with Gasteiger partial charge in [-0.25, -0.2) is 4.99 Å². The normalized spacial score (nSPS) is 16.5. The lowest BCUT2D eigenvalue weighted by Crippen LogP contribution is -2.34. The van der Waals surface area contributed by atoms with Gasteiger partial charge in [-0.3, -0.25) is 4.79 Å². The summed E-state index contributed by atoms with van der Waals surface area (Å²) in [7, 11) is 1.58. The van der Waals surface area contributed by atoms with Gasteiger partial charge < -0.3 is 23.9 Å². The first-order valence-electron chi connectivity index (χ1n) is 10.5. The molecule has 162 valence electrons. The molecule has 0 saturated carbocycles. The first-order chi connectivity index (χ1) is 15.2. The first kappa shape index (κ1) is 20.9. The Morgan fingerprint density at radius 3 is 2.81 bits per heavy atom. The Morgan fingerprint density at radius 2 is 2.03 bits per heavy atom. The second kappa shape index (κ2) is 9.66. The van der Waals surface area contributed by atoms with Crippen molar-refractivity contribution in [1.82, 2.24) is 5.32 Å². The van der Waals surface area contributed by atoms with Crippen molar-refractivity contribution in [3.63, 3.8) is 0 Å². The summed E-state index contributed by atoms with van der Waals surface area (Å²) in [5.74, 6) is 0.918. The molecule has 1 amide bonds. The van der Waals surface area contributed by atoms with E-state index in [0.717, 1.165) is 24.8 Å². The van der Waals surface area contributed by atoms with E-state index in [2.05, 4.69) is 10.3 Å². The Bertz CT molecular complexity index is 1130. The molecule has 2 aromatic carbocycles. The maximum atomic E-state index is 13.1. The van der Waals surface area contributed by atoms with Crippen molar-refractivity contribution in [1.29, 1.82) is 0 Å². The average molecular weight is 422 g/mol. The molecule has 0 aliphatic carbocycles. The van der Waals surface area contributed by atoms with Gasteiger partial charge in [-0.1, -0.05) is 24.3 Å². The highest BCUT2D eigenvalue weighted by atomic mass is 16.5. The number of hydrogen-bond donors (Lipinski definition) is 1. The van der Waals surface area contributed by atoms with Gasteiger partial charge in [0.15, 0.2) is 11.3 Å². The van der Waals surface area contributed by atoms with Crippen molar-refractivity contribution in [2.45, 2.75) is 25.9 Å². The lowest BCUT2D eigenvalue weighted by molar-refractivity contribution is 0.0854. The SMILES string of the molecule is CCOc1ccccc1N=c1oc2c(OC)cccc2cc1C(=O)NC[C@@H]1CCCO1. The smallest absolute Gasteiger partial charge is 0.256 e. The van der Waals surface area contributed by atoms with Crippen molar-refractivity contribution in [3.05, 3.63) is 59.6 Å². The molecule has 1 saturated heterocycles. The van der Waals surface area contributed by atoms with Crippen LogP contribution in [-0.4, -0.2) is 38.9 Å². The minimum atomic E-state index is -0.267. The Hall–Kier alpha value is -3.32. The van der Waals surface area contributed by atoms with Gasteiger partial charge in [0.25, 0.3) is 5.91 Å². The number of benzene rings is 2. The molecule has 1 aromatic heterocycles. The van der Waals surface area contributed by atoms with Gasteiger partial charge >= 0.3 is 0 Å². The predicted octanol–water partition coefficient (Wildman–Crippen LogP) is 3.98. The van der Waals surface area contributed by atoms with E-state index < -0.39 is 0 Å². The molecule has 7 heteroatoms. The Labute approximate surface area is 180 Å². The second-order valence-corrected chi connectivity index (χ2v) is 7.20. The molecular weight excluding hydrogens is 396 g/mol. The number of fused-ring (bicyclic) bond motifs is 1. The minimum Gasteiger partial charge on any atom is -0.493 e. The number of rotatable bonds is 7. The molecule has 2 heterocycles. The molecule has 1 fully saturated rings. The van der Waals surface area contributed by atoms with Crippen LogP contribution in [0.1, 0.15) is 30.1 Å². The number of ether oxygens (including phenoxy) is 3. The molecule has 0 bridgehead atoms. The lowest BCUT2D eigenvalue weighted by Gasteiger charge is -2.12. The fourth-order valence-electron chi connectivity index (χ4n) is 3.57. The van der Waals surface area contributed by atoms with Gasteiger partial charge in [-0.2, -0.15) is 0 Å². The highest BCUT2D eigenvalue weighted by Gasteiger charge is 2.19. The summed E-state index contributed by atoms with van der Waals surface area (Å²) in [6, 6.07) is 14.7. The molecule has 0 spiro atoms. The van der Waals surface area contributed by atoms with E-state index in [9.17, 15) is 4.79 Å². The Kier molecular flexibility index (Phi) is 6.52. The molecular formula is C24H26N2O5. The van der Waals surface area contributed by atoms with Gasteiger partial charge in [-0.15, -0.1) is 0 Å². The number of para-hydroxylation sites is 3. The third-order valence-electron chi connectivity index (χ3n) is 5.10. The van der Waals surface area contributed by atoms with Crippen LogP contribution < -0.4 is 20.3 Å². The maximum absolute atomic E-state index is 13.1. The molecule has 0 radical (unpaired) electrons. The van der Waals surface area contributed by atoms with Gasteiger partial charge in [0.05, 0.1) is 19.8 Å². The molecule has 7 nitrogen and oxygen atoms in total. The summed E-state index contributed by atoms with van der Waals surface area (Å²) in [5, 5.41) is 3.70. The topological polar surface area (TPSA) is 82.3 Å². The van der Waals surface area contributed by atoms with Gasteiger partial charge in [-0.05, 0) is 44.0 Å². The summed E-state index contributed by atoms with van der Waals surface area (Å²) >= 11 is 0. The Balaban J connectivity index is 1.81. The van der Waals surface area contributed by atoms with E-state index in [0.29, 0.717) is 41.5 Å². The van der Waals surface area contributed by atoms with Crippen LogP contribution in [0.3, 0.4) is 0 Å². The molecule has 3 aromatic rings. The molecule has 0 unspecified atom stereocenters. The van der Waals surface area contributed by atoms with E-state index in [-0.39, 0.29) is 17.6 Å². The number of nitrogens with one attached hydrogen (secondary N) is 1. The zero-order chi connectivity index (χ0) is 21.6. The van der Waals surface area contributed by atoms with Crippen molar-refractivity contribution in [3.8, 4) is 11.5 Å². The van der Waals surface area contributed by atoms with E-state index >= 15 is 0 Å². The summed E-state index contributed by atoms with van der Waals surface area (Å²) in [6.45, 7) is 3.60. The lowest BCUT2D eigenvalue weighted by atomic mass is 10.1. The molecule has 1 atom stereocenters. The van der Waals surface area contributed by atoms with Crippen LogP contribution in [0.5, 0.6) is 11.5 Å². The van der Waals surface area contributed by atoms with Crippen LogP contribution in [0, 0.1) is 0 Å². The van der Waals surface area contributed by atoms with Crippen LogP contribution >= 0.6 is 0 Å². The third-order valence-corrected chi connectivity index (χ3v) is 5.10. The van der Waals surface area contributed by atoms with E-state index in [1.807, 2.05) is 43.3 Å². The van der Waals surface area contributed by atoms with Gasteiger partial charge in [0, 0.05) is 18.5 Å². The monoisotopic (exact) mass is 422 g/mol. The first-order valence-corrected chi connectivity index (χ1v) is 10.5. The average Bonchev–Trinajstić information content (AvgIpc) is 3.32. The maximum Gasteiger partial charge on any atom is 0.256 e. The van der Waals surface area contributed by atoms with Crippen LogP contribution in [-0.2, 0) is 4.74 Å². The summed E-state index contributed by atoms with van der Waals surface area (Å²) in [5.41, 5.74) is 1.63. The van der Waals surface area contributed by atoms with Crippen molar-refractivity contribution in [2.24, 2.45) is 4.99 Å². The van der Waals surface area contributed by atoms with E-state index in [4.69, 9.17) is 18.6 Å². The van der Waals surface area contributed by atoms with E-state index in [1.165, 1.54) is 0 Å². The summed E-state index contributed by atoms with van der Waals surface area (Å²) in [6.07, 6.45) is 2.00. The summed E-state index contributed by atoms with van der Waals surface area (Å²) < 4.78 is 22.8. The number of methoxy groups -OCH3 is 1. The molecule has 1 N–H and O–H groups in total. The number of hydrogen-bond acceptors (Lipinski definition) is 6. The summed E-state index contributed by atoms with van der Waals surface area (Å²) in [4.78, 5) is 17.7. The zero-order valence-corrected chi connectivity index (χ0v) is 17.7. The molecule has 31 heavy (non-hydrogen) atoms. The number of nitrogens with zero attached hydrogens (tertiary/aromatic N) is 1. The standard InChI is InChI=1S/C24H26N2O5/c1-3-29-20-11-5-4-10-19(20)26-24-18(23(27)25-15-17-9-7-13-30-17)14-16-8-6-12-21(28-2)22(16)31-24/h4-6,8,10-12,14,17H,3,7,9,13,15H2,1-2H3,(H,25,27)/t17-/m0/s1. The fraction of sp³-hybridized carbons (Fsp3) is 0.333. The van der Waals surface area contributed by atoms with Crippen LogP contribution in [0.25, 0.3) is 11.0 Å². The van der Waals surface area contributed by atoms with Gasteiger partial charge in [0.2, 0.25) is 5.55 Å². The van der Waals surface area contributed by atoms with Crippen LogP contribution in [0.15, 0.2) is 57.9 Å². The van der Waals surface area contributed by atoms with Gasteiger partial charge in [0.1, 0.15) is 17.0 Å². The largest absolute Gasteiger partial charge is 0.493 e. The second-order valence-electron chi connectivity index (χ2n) is 7.20. The van der Waals surface area contributed by atoms with Crippen molar-refractivity contribution >= 4 is 22.6 Å². The van der Waals surface area contributed by atoms with Crippen LogP contribution in [0.4, 0.5) is 5.69 Å².